The summed E-state index contributed by atoms with van der Waals surface area (Å²) in [6.45, 7) is 5.35. The highest BCUT2D eigenvalue weighted by Gasteiger charge is 2.19. The van der Waals surface area contributed by atoms with Crippen molar-refractivity contribution < 1.29 is 19.1 Å². The summed E-state index contributed by atoms with van der Waals surface area (Å²) >= 11 is 0. The van der Waals surface area contributed by atoms with Gasteiger partial charge in [-0.1, -0.05) is 12.1 Å². The van der Waals surface area contributed by atoms with E-state index < -0.39 is 0 Å². The summed E-state index contributed by atoms with van der Waals surface area (Å²) in [5.74, 6) is 0.642. The van der Waals surface area contributed by atoms with Crippen LogP contribution in [-0.2, 0) is 9.59 Å². The maximum atomic E-state index is 12.5. The van der Waals surface area contributed by atoms with Crippen LogP contribution in [0, 0.1) is 6.92 Å². The van der Waals surface area contributed by atoms with Crippen LogP contribution < -0.4 is 19.7 Å². The number of nitrogens with one attached hydrogen (secondary N) is 1. The number of anilines is 2. The number of carbonyl (C=O) groups is 2. The van der Waals surface area contributed by atoms with Crippen molar-refractivity contribution in [2.75, 3.05) is 30.0 Å². The average molecular weight is 354 g/mol. The van der Waals surface area contributed by atoms with Gasteiger partial charge in [-0.15, -0.1) is 0 Å². The van der Waals surface area contributed by atoms with Crippen molar-refractivity contribution in [3.05, 3.63) is 48.0 Å². The van der Waals surface area contributed by atoms with Crippen LogP contribution in [0.3, 0.4) is 0 Å². The Bertz CT molecular complexity index is 819. The van der Waals surface area contributed by atoms with E-state index in [2.05, 4.69) is 5.32 Å². The molecule has 0 fully saturated rings. The summed E-state index contributed by atoms with van der Waals surface area (Å²) in [5.41, 5.74) is 2.43. The van der Waals surface area contributed by atoms with Gasteiger partial charge >= 0.3 is 0 Å². The second kappa shape index (κ2) is 7.91. The van der Waals surface area contributed by atoms with Crippen LogP contribution in [0.15, 0.2) is 42.5 Å². The third-order valence-electron chi connectivity index (χ3n) is 4.07. The lowest BCUT2D eigenvalue weighted by Gasteiger charge is -2.21. The predicted molar refractivity (Wildman–Crippen MR) is 99.9 cm³/mol. The van der Waals surface area contributed by atoms with E-state index >= 15 is 0 Å². The Labute approximate surface area is 152 Å². The second-order valence-electron chi connectivity index (χ2n) is 6.06. The molecular weight excluding hydrogens is 332 g/mol. The van der Waals surface area contributed by atoms with Crippen LogP contribution in [0.1, 0.15) is 18.9 Å². The number of aryl methyl sites for hydroxylation is 1. The topological polar surface area (TPSA) is 67.9 Å². The van der Waals surface area contributed by atoms with Gasteiger partial charge in [0.15, 0.2) is 11.5 Å². The van der Waals surface area contributed by atoms with Crippen LogP contribution >= 0.6 is 0 Å². The van der Waals surface area contributed by atoms with Gasteiger partial charge in [0.05, 0.1) is 0 Å². The Morgan fingerprint density at radius 2 is 1.85 bits per heavy atom. The number of benzene rings is 2. The first-order valence-electron chi connectivity index (χ1n) is 8.63. The molecule has 2 amide bonds. The van der Waals surface area contributed by atoms with Gasteiger partial charge in [0.2, 0.25) is 11.8 Å². The maximum Gasteiger partial charge on any atom is 0.236 e. The number of ether oxygens (including phenoxy) is 2. The molecule has 6 heteroatoms. The molecule has 2 aromatic carbocycles. The van der Waals surface area contributed by atoms with Crippen LogP contribution in [0.2, 0.25) is 0 Å². The molecular formula is C20H22N2O4. The van der Waals surface area contributed by atoms with E-state index in [1.807, 2.05) is 38.1 Å². The highest BCUT2D eigenvalue weighted by atomic mass is 16.6. The summed E-state index contributed by atoms with van der Waals surface area (Å²) in [4.78, 5) is 26.4. The number of hydrogen-bond acceptors (Lipinski definition) is 4. The Kier molecular flexibility index (Phi) is 5.41. The van der Waals surface area contributed by atoms with Gasteiger partial charge in [-0.25, -0.2) is 0 Å². The van der Waals surface area contributed by atoms with Crippen molar-refractivity contribution in [1.82, 2.24) is 0 Å². The minimum Gasteiger partial charge on any atom is -0.486 e. The fourth-order valence-electron chi connectivity index (χ4n) is 2.86. The van der Waals surface area contributed by atoms with E-state index in [1.54, 1.807) is 23.1 Å². The van der Waals surface area contributed by atoms with Crippen molar-refractivity contribution in [3.63, 3.8) is 0 Å². The maximum absolute atomic E-state index is 12.5. The van der Waals surface area contributed by atoms with Crippen molar-refractivity contribution in [3.8, 4) is 11.5 Å². The number of hydrogen-bond donors (Lipinski definition) is 1. The molecule has 3 rings (SSSR count). The fraction of sp³-hybridized carbons (Fsp3) is 0.300. The number of nitrogens with zero attached hydrogens (tertiary/aromatic N) is 1. The summed E-state index contributed by atoms with van der Waals surface area (Å²) in [6, 6.07) is 12.8. The third kappa shape index (κ3) is 4.14. The van der Waals surface area contributed by atoms with Gasteiger partial charge in [-0.2, -0.15) is 0 Å². The lowest BCUT2D eigenvalue weighted by atomic mass is 10.2. The highest BCUT2D eigenvalue weighted by Crippen LogP contribution is 2.32. The molecule has 0 unspecified atom stereocenters. The number of fused-ring (bicyclic) bond motifs is 1. The van der Waals surface area contributed by atoms with E-state index in [1.165, 1.54) is 0 Å². The molecule has 0 atom stereocenters. The molecule has 0 radical (unpaired) electrons. The second-order valence-corrected chi connectivity index (χ2v) is 6.06. The van der Waals surface area contributed by atoms with Gasteiger partial charge in [-0.05, 0) is 43.7 Å². The lowest BCUT2D eigenvalue weighted by molar-refractivity contribution is -0.125. The van der Waals surface area contributed by atoms with Crippen molar-refractivity contribution >= 4 is 23.2 Å². The van der Waals surface area contributed by atoms with Crippen molar-refractivity contribution in [1.29, 1.82) is 0 Å². The first-order valence-corrected chi connectivity index (χ1v) is 8.63. The summed E-state index contributed by atoms with van der Waals surface area (Å²) in [6.07, 6.45) is -0.226. The molecule has 1 aliphatic rings. The van der Waals surface area contributed by atoms with Crippen LogP contribution in [0.25, 0.3) is 0 Å². The number of carbonyl (C=O) groups excluding carboxylic acids is 2. The Hall–Kier alpha value is -3.02. The van der Waals surface area contributed by atoms with E-state index in [9.17, 15) is 9.59 Å². The molecule has 2 aromatic rings. The van der Waals surface area contributed by atoms with E-state index in [-0.39, 0.29) is 18.2 Å². The minimum absolute atomic E-state index is 0.226. The zero-order valence-corrected chi connectivity index (χ0v) is 15.0. The standard InChI is InChI=1S/C20H22N2O4/c1-3-22(16-6-4-5-14(2)11-16)20(24)13-19(23)21-15-7-8-17-18(12-15)26-10-9-25-17/h4-8,11-12H,3,9-10,13H2,1-2H3,(H,21,23). The molecule has 0 bridgehead atoms. The average Bonchev–Trinajstić information content (AvgIpc) is 2.62. The molecule has 6 nitrogen and oxygen atoms in total. The first kappa shape index (κ1) is 17.8. The molecule has 0 spiro atoms. The fourth-order valence-corrected chi connectivity index (χ4v) is 2.86. The highest BCUT2D eigenvalue weighted by molar-refractivity contribution is 6.09. The monoisotopic (exact) mass is 354 g/mol. The Balaban J connectivity index is 1.64. The van der Waals surface area contributed by atoms with Gasteiger partial charge in [0.1, 0.15) is 19.6 Å². The number of amides is 2. The molecule has 1 aliphatic heterocycles. The molecule has 0 aliphatic carbocycles. The molecule has 1 N–H and O–H groups in total. The molecule has 0 saturated carbocycles. The number of rotatable bonds is 5. The lowest BCUT2D eigenvalue weighted by Crippen LogP contribution is -2.33. The minimum atomic E-state index is -0.363. The Morgan fingerprint density at radius 3 is 2.58 bits per heavy atom. The van der Waals surface area contributed by atoms with Crippen LogP contribution in [-0.4, -0.2) is 31.6 Å². The normalized spacial score (nSPS) is 12.4. The zero-order chi connectivity index (χ0) is 18.5. The smallest absolute Gasteiger partial charge is 0.236 e. The zero-order valence-electron chi connectivity index (χ0n) is 15.0. The molecule has 136 valence electrons. The Morgan fingerprint density at radius 1 is 1.08 bits per heavy atom. The first-order chi connectivity index (χ1) is 12.6. The summed E-state index contributed by atoms with van der Waals surface area (Å²) in [5, 5.41) is 2.74. The third-order valence-corrected chi connectivity index (χ3v) is 4.07. The molecule has 0 saturated heterocycles. The van der Waals surface area contributed by atoms with Gasteiger partial charge in [-0.3, -0.25) is 9.59 Å². The molecule has 0 aromatic heterocycles. The van der Waals surface area contributed by atoms with Gasteiger partial charge < -0.3 is 19.7 Å². The van der Waals surface area contributed by atoms with E-state index in [0.717, 1.165) is 11.3 Å². The van der Waals surface area contributed by atoms with Crippen molar-refractivity contribution in [2.24, 2.45) is 0 Å². The van der Waals surface area contributed by atoms with E-state index in [4.69, 9.17) is 9.47 Å². The SMILES string of the molecule is CCN(C(=O)CC(=O)Nc1ccc2c(c1)OCCO2)c1cccc(C)c1. The molecule has 1 heterocycles. The van der Waals surface area contributed by atoms with Gasteiger partial charge in [0.25, 0.3) is 0 Å². The van der Waals surface area contributed by atoms with E-state index in [0.29, 0.717) is 36.9 Å². The largest absolute Gasteiger partial charge is 0.486 e. The molecule has 26 heavy (non-hydrogen) atoms. The van der Waals surface area contributed by atoms with Crippen molar-refractivity contribution in [2.45, 2.75) is 20.3 Å². The van der Waals surface area contributed by atoms with Crippen LogP contribution in [0.4, 0.5) is 11.4 Å². The quantitative estimate of drug-likeness (QED) is 0.838. The predicted octanol–water partition coefficient (Wildman–Crippen LogP) is 3.15. The van der Waals surface area contributed by atoms with Crippen LogP contribution in [0.5, 0.6) is 11.5 Å². The summed E-state index contributed by atoms with van der Waals surface area (Å²) < 4.78 is 11.0. The summed E-state index contributed by atoms with van der Waals surface area (Å²) in [7, 11) is 0. The van der Waals surface area contributed by atoms with Gasteiger partial charge in [0, 0.05) is 24.0 Å².